The molecule has 1 aliphatic rings. The van der Waals surface area contributed by atoms with Gasteiger partial charge in [0.1, 0.15) is 0 Å². The molecule has 0 aromatic carbocycles. The monoisotopic (exact) mass is 366 g/mol. The minimum absolute atomic E-state index is 1.09. The molecular weight excluding hydrogens is 352 g/mol. The third kappa shape index (κ3) is 3.53. The van der Waals surface area contributed by atoms with Gasteiger partial charge in [0.15, 0.2) is 0 Å². The Labute approximate surface area is 118 Å². The van der Waals surface area contributed by atoms with Crippen molar-refractivity contribution in [2.24, 2.45) is 0 Å². The second-order valence-corrected chi connectivity index (χ2v) is 6.65. The van der Waals surface area contributed by atoms with Crippen LogP contribution in [0.25, 0.3) is 0 Å². The maximum atomic E-state index is 3.60. The van der Waals surface area contributed by atoms with E-state index in [1.807, 2.05) is 11.3 Å². The number of alkyl halides is 1. The van der Waals surface area contributed by atoms with Crippen LogP contribution in [0.1, 0.15) is 4.88 Å². The molecule has 90 valence electrons. The van der Waals surface area contributed by atoms with Crippen molar-refractivity contribution in [3.63, 3.8) is 0 Å². The molecule has 2 rings (SSSR count). The first-order valence-electron chi connectivity index (χ1n) is 5.52. The van der Waals surface area contributed by atoms with Crippen LogP contribution < -0.4 is 0 Å². The van der Waals surface area contributed by atoms with Crippen LogP contribution in [0.5, 0.6) is 0 Å². The fourth-order valence-corrected chi connectivity index (χ4v) is 3.95. The van der Waals surface area contributed by atoms with Crippen LogP contribution >= 0.6 is 43.2 Å². The van der Waals surface area contributed by atoms with Gasteiger partial charge in [-0.1, -0.05) is 15.9 Å². The molecule has 0 aliphatic carbocycles. The molecule has 0 unspecified atom stereocenters. The average Bonchev–Trinajstić information content (AvgIpc) is 2.68. The molecule has 1 aliphatic heterocycles. The lowest BCUT2D eigenvalue weighted by Gasteiger charge is -2.34. The van der Waals surface area contributed by atoms with Gasteiger partial charge in [-0.15, -0.1) is 11.3 Å². The summed E-state index contributed by atoms with van der Waals surface area (Å²) in [4.78, 5) is 6.52. The highest BCUT2D eigenvalue weighted by Gasteiger charge is 2.17. The summed E-state index contributed by atoms with van der Waals surface area (Å²) < 4.78 is 1.26. The van der Waals surface area contributed by atoms with Crippen molar-refractivity contribution in [1.29, 1.82) is 0 Å². The molecule has 0 saturated carbocycles. The van der Waals surface area contributed by atoms with E-state index in [9.17, 15) is 0 Å². The van der Waals surface area contributed by atoms with Crippen molar-refractivity contribution in [3.8, 4) is 0 Å². The van der Waals surface area contributed by atoms with Crippen LogP contribution in [0.2, 0.25) is 0 Å². The number of piperazine rings is 1. The van der Waals surface area contributed by atoms with Crippen molar-refractivity contribution in [1.82, 2.24) is 9.80 Å². The van der Waals surface area contributed by atoms with Gasteiger partial charge in [0, 0.05) is 53.9 Å². The first-order valence-corrected chi connectivity index (χ1v) is 8.31. The minimum atomic E-state index is 1.09. The normalized spacial score (nSPS) is 19.1. The van der Waals surface area contributed by atoms with Gasteiger partial charge >= 0.3 is 0 Å². The Morgan fingerprint density at radius 2 is 1.88 bits per heavy atom. The van der Waals surface area contributed by atoms with Crippen molar-refractivity contribution >= 4 is 43.2 Å². The number of hydrogen-bond donors (Lipinski definition) is 0. The third-order valence-electron chi connectivity index (χ3n) is 2.92. The molecule has 1 saturated heterocycles. The van der Waals surface area contributed by atoms with Crippen molar-refractivity contribution in [3.05, 3.63) is 20.8 Å². The smallest absolute Gasteiger partial charge is 0.0340 e. The van der Waals surface area contributed by atoms with Gasteiger partial charge in [-0.25, -0.2) is 0 Å². The topological polar surface area (TPSA) is 6.48 Å². The highest BCUT2D eigenvalue weighted by molar-refractivity contribution is 9.10. The van der Waals surface area contributed by atoms with E-state index in [0.717, 1.165) is 11.9 Å². The van der Waals surface area contributed by atoms with Gasteiger partial charge in [-0.2, -0.15) is 0 Å². The lowest BCUT2D eigenvalue weighted by Crippen LogP contribution is -2.46. The predicted molar refractivity (Wildman–Crippen MR) is 77.5 cm³/mol. The van der Waals surface area contributed by atoms with Gasteiger partial charge in [0.25, 0.3) is 0 Å². The lowest BCUT2D eigenvalue weighted by molar-refractivity contribution is 0.134. The Morgan fingerprint density at radius 3 is 2.44 bits per heavy atom. The van der Waals surface area contributed by atoms with E-state index in [0.29, 0.717) is 0 Å². The SMILES string of the molecule is BrCCN1CCN(Cc2sccc2Br)CC1. The van der Waals surface area contributed by atoms with Gasteiger partial charge in [0.2, 0.25) is 0 Å². The summed E-state index contributed by atoms with van der Waals surface area (Å²) in [6, 6.07) is 2.14. The van der Waals surface area contributed by atoms with Crippen molar-refractivity contribution in [2.45, 2.75) is 6.54 Å². The molecule has 1 aromatic heterocycles. The maximum Gasteiger partial charge on any atom is 0.0340 e. The van der Waals surface area contributed by atoms with Crippen molar-refractivity contribution in [2.75, 3.05) is 38.1 Å². The Hall–Kier alpha value is 0.580. The Balaban J connectivity index is 1.79. The summed E-state index contributed by atoms with van der Waals surface area (Å²) in [6.07, 6.45) is 0. The molecule has 0 N–H and O–H groups in total. The number of hydrogen-bond acceptors (Lipinski definition) is 3. The number of rotatable bonds is 4. The summed E-state index contributed by atoms with van der Waals surface area (Å²) in [5.74, 6) is 0. The molecule has 0 amide bonds. The molecular formula is C11H16Br2N2S. The number of halogens is 2. The van der Waals surface area contributed by atoms with E-state index in [4.69, 9.17) is 0 Å². The minimum Gasteiger partial charge on any atom is -0.300 e. The molecule has 2 heterocycles. The van der Waals surface area contributed by atoms with Crippen LogP contribution in [0, 0.1) is 0 Å². The molecule has 0 bridgehead atoms. The van der Waals surface area contributed by atoms with Crippen LogP contribution in [0.3, 0.4) is 0 Å². The fourth-order valence-electron chi connectivity index (χ4n) is 1.93. The van der Waals surface area contributed by atoms with Crippen LogP contribution in [-0.4, -0.2) is 47.9 Å². The third-order valence-corrected chi connectivity index (χ3v) is 5.19. The number of thiophene rings is 1. The largest absolute Gasteiger partial charge is 0.300 e. The molecule has 16 heavy (non-hydrogen) atoms. The molecule has 1 fully saturated rings. The summed E-state index contributed by atoms with van der Waals surface area (Å²) in [5.41, 5.74) is 0. The Bertz CT molecular complexity index is 322. The van der Waals surface area contributed by atoms with E-state index < -0.39 is 0 Å². The van der Waals surface area contributed by atoms with Crippen LogP contribution in [0.15, 0.2) is 15.9 Å². The molecule has 0 atom stereocenters. The molecule has 2 nitrogen and oxygen atoms in total. The molecule has 0 radical (unpaired) electrons. The van der Waals surface area contributed by atoms with Gasteiger partial charge in [0.05, 0.1) is 0 Å². The molecule has 5 heteroatoms. The zero-order chi connectivity index (χ0) is 11.4. The quantitative estimate of drug-likeness (QED) is 0.754. The zero-order valence-electron chi connectivity index (χ0n) is 9.16. The zero-order valence-corrected chi connectivity index (χ0v) is 13.2. The average molecular weight is 368 g/mol. The summed E-state index contributed by atoms with van der Waals surface area (Å²) in [7, 11) is 0. The predicted octanol–water partition coefficient (Wildman–Crippen LogP) is 3.02. The summed E-state index contributed by atoms with van der Waals surface area (Å²) in [6.45, 7) is 7.06. The highest BCUT2D eigenvalue weighted by Crippen LogP contribution is 2.24. The fraction of sp³-hybridized carbons (Fsp3) is 0.636. The van der Waals surface area contributed by atoms with E-state index in [1.165, 1.54) is 42.1 Å². The van der Waals surface area contributed by atoms with Gasteiger partial charge in [-0.3, -0.25) is 9.80 Å². The lowest BCUT2D eigenvalue weighted by atomic mass is 10.3. The highest BCUT2D eigenvalue weighted by atomic mass is 79.9. The van der Waals surface area contributed by atoms with E-state index in [1.54, 1.807) is 0 Å². The standard InChI is InChI=1S/C11H16Br2N2S/c12-2-3-14-4-6-15(7-5-14)9-11-10(13)1-8-16-11/h1,8H,2-7,9H2. The van der Waals surface area contributed by atoms with E-state index >= 15 is 0 Å². The second kappa shape index (κ2) is 6.50. The second-order valence-electron chi connectivity index (χ2n) is 4.00. The summed E-state index contributed by atoms with van der Waals surface area (Å²) in [5, 5.41) is 3.24. The summed E-state index contributed by atoms with van der Waals surface area (Å²) >= 11 is 8.94. The van der Waals surface area contributed by atoms with Gasteiger partial charge < -0.3 is 0 Å². The maximum absolute atomic E-state index is 3.60. The van der Waals surface area contributed by atoms with Crippen molar-refractivity contribution < 1.29 is 0 Å². The van der Waals surface area contributed by atoms with E-state index in [2.05, 4.69) is 53.1 Å². The molecule has 1 aromatic rings. The first-order chi connectivity index (χ1) is 7.79. The Morgan fingerprint density at radius 1 is 1.19 bits per heavy atom. The number of nitrogens with zero attached hydrogens (tertiary/aromatic N) is 2. The molecule has 0 spiro atoms. The van der Waals surface area contributed by atoms with Gasteiger partial charge in [-0.05, 0) is 27.4 Å². The van der Waals surface area contributed by atoms with E-state index in [-0.39, 0.29) is 0 Å². The Kier molecular flexibility index (Phi) is 5.29. The van der Waals surface area contributed by atoms with Crippen LogP contribution in [0.4, 0.5) is 0 Å². The van der Waals surface area contributed by atoms with Crippen LogP contribution in [-0.2, 0) is 6.54 Å². The first kappa shape index (κ1) is 13.0.